The molecule has 1 N–H and O–H groups in total. The molecule has 0 bridgehead atoms. The van der Waals surface area contributed by atoms with Crippen LogP contribution in [0.2, 0.25) is 0 Å². The number of nitrogens with zero attached hydrogens (tertiary/aromatic N) is 2. The van der Waals surface area contributed by atoms with Crippen LogP contribution in [0.25, 0.3) is 16.7 Å². The minimum atomic E-state index is -0.717. The topological polar surface area (TPSA) is 75.7 Å². The van der Waals surface area contributed by atoms with E-state index in [9.17, 15) is 14.7 Å². The first-order chi connectivity index (χ1) is 14.3. The van der Waals surface area contributed by atoms with E-state index in [4.69, 9.17) is 16.6 Å². The summed E-state index contributed by atoms with van der Waals surface area (Å²) in [6, 6.07) is 10.8. The average molecular weight is 445 g/mol. The van der Waals surface area contributed by atoms with Crippen LogP contribution in [0.1, 0.15) is 39.3 Å². The predicted octanol–water partition coefficient (Wildman–Crippen LogP) is 4.49. The quantitative estimate of drug-likeness (QED) is 0.459. The van der Waals surface area contributed by atoms with E-state index in [1.807, 2.05) is 62.9 Å². The number of thioether (sulfide) groups is 1. The van der Waals surface area contributed by atoms with Gasteiger partial charge in [0.1, 0.15) is 20.2 Å². The van der Waals surface area contributed by atoms with Gasteiger partial charge in [0.25, 0.3) is 5.56 Å². The van der Waals surface area contributed by atoms with Crippen molar-refractivity contribution in [3.05, 3.63) is 62.9 Å². The molecule has 158 valence electrons. The van der Waals surface area contributed by atoms with Gasteiger partial charge in [-0.25, -0.2) is 4.79 Å². The molecule has 0 atom stereocenters. The van der Waals surface area contributed by atoms with Crippen LogP contribution in [0.5, 0.6) is 5.75 Å². The van der Waals surface area contributed by atoms with Crippen molar-refractivity contribution in [2.75, 3.05) is 13.1 Å². The molecule has 0 fully saturated rings. The lowest BCUT2D eigenvalue weighted by molar-refractivity contribution is 0.445. The second-order valence-electron chi connectivity index (χ2n) is 7.05. The summed E-state index contributed by atoms with van der Waals surface area (Å²) in [7, 11) is 0. The zero-order valence-electron chi connectivity index (χ0n) is 17.3. The Morgan fingerprint density at radius 2 is 1.83 bits per heavy atom. The van der Waals surface area contributed by atoms with Gasteiger partial charge in [-0.2, -0.15) is 0 Å². The van der Waals surface area contributed by atoms with Gasteiger partial charge in [-0.3, -0.25) is 9.36 Å². The van der Waals surface area contributed by atoms with E-state index in [-0.39, 0.29) is 21.8 Å². The molecule has 3 rings (SSSR count). The van der Waals surface area contributed by atoms with E-state index >= 15 is 0 Å². The van der Waals surface area contributed by atoms with Gasteiger partial charge in [0, 0.05) is 30.5 Å². The van der Waals surface area contributed by atoms with Crippen molar-refractivity contribution >= 4 is 39.3 Å². The van der Waals surface area contributed by atoms with Crippen molar-refractivity contribution < 1.29 is 9.52 Å². The molecule has 0 saturated carbocycles. The van der Waals surface area contributed by atoms with Crippen LogP contribution in [0.3, 0.4) is 0 Å². The Labute approximate surface area is 184 Å². The number of thiocarbonyl (C=S) groups is 1. The number of hydrogen-bond acceptors (Lipinski definition) is 6. The number of aromatic nitrogens is 1. The second-order valence-corrected chi connectivity index (χ2v) is 8.69. The summed E-state index contributed by atoms with van der Waals surface area (Å²) in [6.07, 6.45) is 0. The fraction of sp³-hybridized carbons (Fsp3) is 0.318. The number of fused-ring (bicyclic) bond motifs is 1. The molecule has 6 nitrogen and oxygen atoms in total. The Morgan fingerprint density at radius 3 is 2.40 bits per heavy atom. The second kappa shape index (κ2) is 9.06. The zero-order valence-corrected chi connectivity index (χ0v) is 19.0. The molecule has 0 spiro atoms. The van der Waals surface area contributed by atoms with Crippen molar-refractivity contribution in [1.29, 1.82) is 0 Å². The monoisotopic (exact) mass is 444 g/mol. The van der Waals surface area contributed by atoms with Crippen molar-refractivity contribution in [3.8, 4) is 11.4 Å². The van der Waals surface area contributed by atoms with Gasteiger partial charge in [0.2, 0.25) is 0 Å². The summed E-state index contributed by atoms with van der Waals surface area (Å²) in [5.74, 6) is -0.412. The van der Waals surface area contributed by atoms with E-state index in [2.05, 4.69) is 0 Å². The molecule has 0 unspecified atom stereocenters. The Morgan fingerprint density at radius 1 is 1.20 bits per heavy atom. The normalized spacial score (nSPS) is 11.2. The van der Waals surface area contributed by atoms with E-state index in [0.717, 1.165) is 11.8 Å². The molecule has 3 aromatic rings. The molecule has 2 aromatic heterocycles. The Kier molecular flexibility index (Phi) is 6.67. The number of rotatable bonds is 5. The third-order valence-electron chi connectivity index (χ3n) is 4.86. The van der Waals surface area contributed by atoms with Crippen molar-refractivity contribution in [3.63, 3.8) is 0 Å². The van der Waals surface area contributed by atoms with Crippen molar-refractivity contribution in [2.24, 2.45) is 0 Å². The largest absolute Gasteiger partial charge is 0.505 e. The lowest BCUT2D eigenvalue weighted by atomic mass is 10.1. The Bertz CT molecular complexity index is 1200. The molecule has 30 heavy (non-hydrogen) atoms. The van der Waals surface area contributed by atoms with Gasteiger partial charge in [-0.05, 0) is 43.7 Å². The van der Waals surface area contributed by atoms with E-state index in [1.54, 1.807) is 10.6 Å². The van der Waals surface area contributed by atoms with Gasteiger partial charge >= 0.3 is 5.63 Å². The molecule has 2 heterocycles. The van der Waals surface area contributed by atoms with Crippen molar-refractivity contribution in [2.45, 2.75) is 38.5 Å². The molecular formula is C22H24N2O4S2. The number of pyridine rings is 1. The van der Waals surface area contributed by atoms with E-state index in [1.165, 1.54) is 0 Å². The molecule has 1 aromatic carbocycles. The number of hydrogen-bond donors (Lipinski definition) is 1. The SMILES string of the molecule is CCN(CC)C(=S)Sc1c(O)c2c(=O)n(-c3ccccc3)c(C(C)C)cc2oc1=O. The van der Waals surface area contributed by atoms with Crippen molar-refractivity contribution in [1.82, 2.24) is 9.47 Å². The third kappa shape index (κ3) is 4.02. The maximum atomic E-state index is 13.5. The highest BCUT2D eigenvalue weighted by Crippen LogP contribution is 2.33. The summed E-state index contributed by atoms with van der Waals surface area (Å²) in [6.45, 7) is 9.13. The van der Waals surface area contributed by atoms with Gasteiger partial charge in [-0.1, -0.05) is 44.3 Å². The highest BCUT2D eigenvalue weighted by atomic mass is 32.2. The zero-order chi connectivity index (χ0) is 22.0. The number of benzene rings is 1. The summed E-state index contributed by atoms with van der Waals surface area (Å²) in [4.78, 5) is 27.9. The van der Waals surface area contributed by atoms with Crippen LogP contribution >= 0.6 is 24.0 Å². The molecular weight excluding hydrogens is 420 g/mol. The standard InChI is InChI=1S/C22H24N2O4S2/c1-5-23(6-2)22(29)30-19-18(25)17-16(28-21(19)27)12-15(13(3)4)24(20(17)26)14-10-8-7-9-11-14/h7-13,25H,5-6H2,1-4H3. The van der Waals surface area contributed by atoms with Crippen LogP contribution in [-0.4, -0.2) is 32.0 Å². The molecule has 0 aliphatic carbocycles. The smallest absolute Gasteiger partial charge is 0.354 e. The third-order valence-corrected chi connectivity index (χ3v) is 6.36. The van der Waals surface area contributed by atoms with E-state index in [0.29, 0.717) is 28.8 Å². The fourth-order valence-corrected chi connectivity index (χ4v) is 4.65. The summed E-state index contributed by atoms with van der Waals surface area (Å²) in [5, 5.41) is 10.9. The van der Waals surface area contributed by atoms with E-state index < -0.39 is 16.9 Å². The molecule has 0 saturated heterocycles. The number of aromatic hydroxyl groups is 1. The minimum Gasteiger partial charge on any atom is -0.505 e. The first-order valence-corrected chi connectivity index (χ1v) is 11.0. The maximum absolute atomic E-state index is 13.5. The van der Waals surface area contributed by atoms with Crippen LogP contribution in [0.15, 0.2) is 55.3 Å². The van der Waals surface area contributed by atoms with Crippen LogP contribution in [0, 0.1) is 0 Å². The first-order valence-electron chi connectivity index (χ1n) is 9.77. The van der Waals surface area contributed by atoms with Crippen LogP contribution in [-0.2, 0) is 0 Å². The fourth-order valence-electron chi connectivity index (χ4n) is 3.25. The molecule has 0 radical (unpaired) electrons. The maximum Gasteiger partial charge on any atom is 0.354 e. The number of para-hydroxylation sites is 1. The molecule has 8 heteroatoms. The summed E-state index contributed by atoms with van der Waals surface area (Å²) < 4.78 is 7.44. The average Bonchev–Trinajstić information content (AvgIpc) is 2.72. The molecule has 0 aliphatic rings. The van der Waals surface area contributed by atoms with Gasteiger partial charge in [0.05, 0.1) is 0 Å². The Hall–Kier alpha value is -2.58. The Balaban J connectivity index is 2.29. The van der Waals surface area contributed by atoms with Crippen LogP contribution in [0.4, 0.5) is 0 Å². The lowest BCUT2D eigenvalue weighted by Crippen LogP contribution is -2.27. The highest BCUT2D eigenvalue weighted by molar-refractivity contribution is 8.23. The minimum absolute atomic E-state index is 0.0148. The van der Waals surface area contributed by atoms with Crippen LogP contribution < -0.4 is 11.2 Å². The van der Waals surface area contributed by atoms with Gasteiger partial charge in [0.15, 0.2) is 5.75 Å². The lowest BCUT2D eigenvalue weighted by Gasteiger charge is -2.21. The summed E-state index contributed by atoms with van der Waals surface area (Å²) >= 11 is 6.34. The van der Waals surface area contributed by atoms with Gasteiger partial charge < -0.3 is 14.4 Å². The molecule has 0 aliphatic heterocycles. The van der Waals surface area contributed by atoms with Gasteiger partial charge in [-0.15, -0.1) is 0 Å². The first kappa shape index (κ1) is 22.1. The summed E-state index contributed by atoms with van der Waals surface area (Å²) in [5.41, 5.74) is 0.258. The highest BCUT2D eigenvalue weighted by Gasteiger charge is 2.23. The predicted molar refractivity (Wildman–Crippen MR) is 125 cm³/mol. The molecule has 0 amide bonds.